The van der Waals surface area contributed by atoms with E-state index in [0.29, 0.717) is 18.3 Å². The Balaban J connectivity index is 1.69. The minimum Gasteiger partial charge on any atom is -0.494 e. The molecular weight excluding hydrogens is 266 g/mol. The molecule has 2 rings (SSSR count). The summed E-state index contributed by atoms with van der Waals surface area (Å²) in [5, 5.41) is 7.13. The molecule has 0 atom stereocenters. The molecule has 0 fully saturated rings. The van der Waals surface area contributed by atoms with Gasteiger partial charge in [-0.05, 0) is 24.1 Å². The molecule has 0 radical (unpaired) electrons. The van der Waals surface area contributed by atoms with Crippen LogP contribution in [0.4, 0.5) is 0 Å². The van der Waals surface area contributed by atoms with Gasteiger partial charge < -0.3 is 14.6 Å². The minimum absolute atomic E-state index is 0.594. The number of nitrogens with one attached hydrogen (secondary N) is 1. The lowest BCUT2D eigenvalue weighted by Gasteiger charge is -2.07. The van der Waals surface area contributed by atoms with Crippen LogP contribution < -0.4 is 10.1 Å². The van der Waals surface area contributed by atoms with Crippen LogP contribution in [0.25, 0.3) is 0 Å². The predicted octanol–water partition coefficient (Wildman–Crippen LogP) is 3.24. The summed E-state index contributed by atoms with van der Waals surface area (Å²) in [6.45, 7) is 6.15. The average molecular weight is 289 g/mol. The zero-order valence-corrected chi connectivity index (χ0v) is 12.8. The van der Waals surface area contributed by atoms with E-state index in [9.17, 15) is 0 Å². The largest absolute Gasteiger partial charge is 0.494 e. The van der Waals surface area contributed by atoms with Crippen LogP contribution in [0, 0.1) is 6.92 Å². The van der Waals surface area contributed by atoms with E-state index in [-0.39, 0.29) is 0 Å². The van der Waals surface area contributed by atoms with Gasteiger partial charge in [0.25, 0.3) is 0 Å². The number of nitrogens with zero attached hydrogens (tertiary/aromatic N) is 2. The molecule has 0 unspecified atom stereocenters. The van der Waals surface area contributed by atoms with E-state index in [1.807, 2.05) is 12.1 Å². The summed E-state index contributed by atoms with van der Waals surface area (Å²) < 4.78 is 10.6. The molecule has 1 aromatic carbocycles. The van der Waals surface area contributed by atoms with E-state index in [2.05, 4.69) is 34.5 Å². The second-order valence-corrected chi connectivity index (χ2v) is 5.03. The third kappa shape index (κ3) is 5.55. The highest BCUT2D eigenvalue weighted by atomic mass is 16.5. The van der Waals surface area contributed by atoms with Crippen molar-refractivity contribution in [1.29, 1.82) is 0 Å². The van der Waals surface area contributed by atoms with Crippen molar-refractivity contribution in [3.05, 3.63) is 41.5 Å². The van der Waals surface area contributed by atoms with Gasteiger partial charge in [-0.3, -0.25) is 0 Å². The molecule has 1 N–H and O–H groups in total. The van der Waals surface area contributed by atoms with Crippen LogP contribution in [0.1, 0.15) is 43.5 Å². The fraction of sp³-hybridized carbons (Fsp3) is 0.500. The Morgan fingerprint density at radius 2 is 1.95 bits per heavy atom. The van der Waals surface area contributed by atoms with Crippen LogP contribution in [0.5, 0.6) is 5.75 Å². The Morgan fingerprint density at radius 3 is 2.62 bits per heavy atom. The Kier molecular flexibility index (Phi) is 6.22. The normalized spacial score (nSPS) is 10.8. The summed E-state index contributed by atoms with van der Waals surface area (Å²) in [5.74, 6) is 2.21. The van der Waals surface area contributed by atoms with Crippen LogP contribution in [0.3, 0.4) is 0 Å². The van der Waals surface area contributed by atoms with E-state index in [0.717, 1.165) is 25.3 Å². The third-order valence-corrected chi connectivity index (χ3v) is 3.12. The monoisotopic (exact) mass is 289 g/mol. The highest BCUT2D eigenvalue weighted by Crippen LogP contribution is 2.13. The number of aryl methyl sites for hydroxylation is 1. The molecule has 0 bridgehead atoms. The van der Waals surface area contributed by atoms with E-state index >= 15 is 0 Å². The number of unbranched alkanes of at least 4 members (excludes halogenated alkanes) is 2. The number of hydrogen-bond acceptors (Lipinski definition) is 5. The fourth-order valence-electron chi connectivity index (χ4n) is 1.98. The maximum atomic E-state index is 5.69. The number of hydrogen-bond donors (Lipinski definition) is 1. The fourth-order valence-corrected chi connectivity index (χ4v) is 1.98. The molecule has 5 nitrogen and oxygen atoms in total. The molecule has 2 aromatic rings. The third-order valence-electron chi connectivity index (χ3n) is 3.12. The zero-order chi connectivity index (χ0) is 14.9. The van der Waals surface area contributed by atoms with Gasteiger partial charge in [-0.1, -0.05) is 37.1 Å². The van der Waals surface area contributed by atoms with Crippen molar-refractivity contribution < 1.29 is 9.26 Å². The maximum absolute atomic E-state index is 5.69. The summed E-state index contributed by atoms with van der Waals surface area (Å²) in [5.41, 5.74) is 1.20. The molecule has 0 aliphatic heterocycles. The molecule has 0 spiro atoms. The molecule has 21 heavy (non-hydrogen) atoms. The van der Waals surface area contributed by atoms with Gasteiger partial charge in [0.05, 0.1) is 13.2 Å². The van der Waals surface area contributed by atoms with E-state index in [4.69, 9.17) is 9.26 Å². The Hall–Kier alpha value is -1.88. The standard InChI is InChI=1S/C16H23N3O2/c1-3-4-5-10-20-15-8-6-14(7-9-15)11-17-12-16-18-13(2)21-19-16/h6-9,17H,3-5,10-12H2,1-2H3. The second kappa shape index (κ2) is 8.42. The molecule has 5 heteroatoms. The highest BCUT2D eigenvalue weighted by Gasteiger charge is 2.01. The summed E-state index contributed by atoms with van der Waals surface area (Å²) in [6, 6.07) is 8.18. The lowest BCUT2D eigenvalue weighted by atomic mass is 10.2. The molecule has 0 saturated carbocycles. The maximum Gasteiger partial charge on any atom is 0.223 e. The Bertz CT molecular complexity index is 523. The van der Waals surface area contributed by atoms with Gasteiger partial charge in [0.2, 0.25) is 5.89 Å². The van der Waals surface area contributed by atoms with Gasteiger partial charge in [-0.15, -0.1) is 0 Å². The van der Waals surface area contributed by atoms with Crippen LogP contribution in [-0.4, -0.2) is 16.7 Å². The molecule has 0 saturated heterocycles. The summed E-state index contributed by atoms with van der Waals surface area (Å²) in [4.78, 5) is 4.14. The first-order valence-electron chi connectivity index (χ1n) is 7.49. The van der Waals surface area contributed by atoms with Gasteiger partial charge in [0.1, 0.15) is 5.75 Å². The van der Waals surface area contributed by atoms with Crippen molar-refractivity contribution >= 4 is 0 Å². The Labute approximate surface area is 125 Å². The first kappa shape index (κ1) is 15.5. The molecule has 0 aliphatic carbocycles. The van der Waals surface area contributed by atoms with Crippen molar-refractivity contribution in [2.75, 3.05) is 6.61 Å². The first-order chi connectivity index (χ1) is 10.3. The van der Waals surface area contributed by atoms with E-state index < -0.39 is 0 Å². The summed E-state index contributed by atoms with van der Waals surface area (Å²) in [7, 11) is 0. The van der Waals surface area contributed by atoms with Crippen LogP contribution in [0.15, 0.2) is 28.8 Å². The molecular formula is C16H23N3O2. The van der Waals surface area contributed by atoms with Crippen molar-refractivity contribution in [3.63, 3.8) is 0 Å². The molecule has 114 valence electrons. The number of benzene rings is 1. The number of aromatic nitrogens is 2. The second-order valence-electron chi connectivity index (χ2n) is 5.03. The van der Waals surface area contributed by atoms with Crippen molar-refractivity contribution in [2.45, 2.75) is 46.2 Å². The van der Waals surface area contributed by atoms with Gasteiger partial charge in [-0.2, -0.15) is 4.98 Å². The minimum atomic E-state index is 0.594. The quantitative estimate of drug-likeness (QED) is 0.718. The number of ether oxygens (including phenoxy) is 1. The lowest BCUT2D eigenvalue weighted by Crippen LogP contribution is -2.13. The highest BCUT2D eigenvalue weighted by molar-refractivity contribution is 5.27. The van der Waals surface area contributed by atoms with Gasteiger partial charge in [-0.25, -0.2) is 0 Å². The summed E-state index contributed by atoms with van der Waals surface area (Å²) in [6.07, 6.45) is 3.55. The summed E-state index contributed by atoms with van der Waals surface area (Å²) >= 11 is 0. The lowest BCUT2D eigenvalue weighted by molar-refractivity contribution is 0.306. The zero-order valence-electron chi connectivity index (χ0n) is 12.8. The molecule has 1 heterocycles. The van der Waals surface area contributed by atoms with E-state index in [1.54, 1.807) is 6.92 Å². The van der Waals surface area contributed by atoms with Crippen LogP contribution in [-0.2, 0) is 13.1 Å². The van der Waals surface area contributed by atoms with E-state index in [1.165, 1.54) is 18.4 Å². The predicted molar refractivity (Wildman–Crippen MR) is 81.0 cm³/mol. The van der Waals surface area contributed by atoms with Crippen molar-refractivity contribution in [2.24, 2.45) is 0 Å². The van der Waals surface area contributed by atoms with Crippen LogP contribution >= 0.6 is 0 Å². The first-order valence-corrected chi connectivity index (χ1v) is 7.49. The smallest absolute Gasteiger partial charge is 0.223 e. The van der Waals surface area contributed by atoms with Gasteiger partial charge in [0.15, 0.2) is 5.82 Å². The van der Waals surface area contributed by atoms with Gasteiger partial charge >= 0.3 is 0 Å². The average Bonchev–Trinajstić information content (AvgIpc) is 2.91. The SMILES string of the molecule is CCCCCOc1ccc(CNCc2noc(C)n2)cc1. The van der Waals surface area contributed by atoms with Gasteiger partial charge in [0, 0.05) is 13.5 Å². The van der Waals surface area contributed by atoms with Crippen molar-refractivity contribution in [1.82, 2.24) is 15.5 Å². The number of rotatable bonds is 9. The molecule has 0 aliphatic rings. The molecule has 0 amide bonds. The topological polar surface area (TPSA) is 60.2 Å². The van der Waals surface area contributed by atoms with Crippen LogP contribution in [0.2, 0.25) is 0 Å². The molecule has 1 aromatic heterocycles. The Morgan fingerprint density at radius 1 is 1.14 bits per heavy atom. The van der Waals surface area contributed by atoms with Crippen molar-refractivity contribution in [3.8, 4) is 5.75 Å².